The Hall–Kier alpha value is -3.65. The van der Waals surface area contributed by atoms with Crippen molar-refractivity contribution in [3.63, 3.8) is 0 Å². The van der Waals surface area contributed by atoms with E-state index in [1.165, 1.54) is 13.0 Å². The Morgan fingerprint density at radius 2 is 1.43 bits per heavy atom. The third-order valence-corrected chi connectivity index (χ3v) is 8.82. The number of amides is 1. The molecule has 2 aromatic rings. The predicted molar refractivity (Wildman–Crippen MR) is 152 cm³/mol. The molecule has 47 heavy (non-hydrogen) atoms. The normalized spacial score (nSPS) is 22.4. The van der Waals surface area contributed by atoms with Crippen LogP contribution in [0.25, 0.3) is 0 Å². The van der Waals surface area contributed by atoms with Gasteiger partial charge in [0.25, 0.3) is 0 Å². The molecule has 260 valence electrons. The lowest BCUT2D eigenvalue weighted by Crippen LogP contribution is -2.35. The molecule has 2 fully saturated rings. The van der Waals surface area contributed by atoms with E-state index >= 15 is 0 Å². The van der Waals surface area contributed by atoms with Gasteiger partial charge in [-0.2, -0.15) is 39.5 Å². The van der Waals surface area contributed by atoms with Gasteiger partial charge < -0.3 is 14.7 Å². The van der Waals surface area contributed by atoms with E-state index in [1.807, 2.05) is 11.8 Å². The smallest absolute Gasteiger partial charge is 0.416 e. The van der Waals surface area contributed by atoms with Crippen LogP contribution >= 0.6 is 0 Å². The molecule has 0 bridgehead atoms. The SMILES string of the molecule is CCCN(CC1CCC(CC(=O)O)CC1)c1ccc(C(F)(F)F)cc1CN1C(=O)O[C@H](c2cc(C(F)(F)F)cc(C(F)(F)F)c2)[C@@H]1C. The zero-order valence-corrected chi connectivity index (χ0v) is 25.6. The molecule has 1 aliphatic carbocycles. The number of cyclic esters (lactones) is 1. The quantitative estimate of drug-likeness (QED) is 0.253. The van der Waals surface area contributed by atoms with Crippen LogP contribution in [0.15, 0.2) is 36.4 Å². The summed E-state index contributed by atoms with van der Waals surface area (Å²) in [6.45, 7) is 3.68. The van der Waals surface area contributed by atoms with Crippen LogP contribution in [0.2, 0.25) is 0 Å². The van der Waals surface area contributed by atoms with Crippen LogP contribution in [0.4, 0.5) is 50.0 Å². The lowest BCUT2D eigenvalue weighted by Gasteiger charge is -2.35. The maximum atomic E-state index is 13.8. The summed E-state index contributed by atoms with van der Waals surface area (Å²) in [6, 6.07) is 2.86. The molecular weight excluding hydrogens is 647 g/mol. The van der Waals surface area contributed by atoms with E-state index in [4.69, 9.17) is 9.84 Å². The topological polar surface area (TPSA) is 70.1 Å². The number of hydrogen-bond donors (Lipinski definition) is 1. The fourth-order valence-electron chi connectivity index (χ4n) is 6.44. The highest BCUT2D eigenvalue weighted by Crippen LogP contribution is 2.42. The van der Waals surface area contributed by atoms with Crippen LogP contribution in [-0.2, 0) is 34.6 Å². The van der Waals surface area contributed by atoms with E-state index in [-0.39, 0.29) is 29.9 Å². The molecule has 0 spiro atoms. The lowest BCUT2D eigenvalue weighted by atomic mass is 9.80. The fourth-order valence-corrected chi connectivity index (χ4v) is 6.44. The second kappa shape index (κ2) is 13.8. The van der Waals surface area contributed by atoms with Crippen molar-refractivity contribution >= 4 is 17.7 Å². The molecule has 4 rings (SSSR count). The number of nitrogens with zero attached hydrogens (tertiary/aromatic N) is 2. The van der Waals surface area contributed by atoms with E-state index in [1.54, 1.807) is 0 Å². The first-order valence-electron chi connectivity index (χ1n) is 15.2. The Morgan fingerprint density at radius 1 is 0.872 bits per heavy atom. The van der Waals surface area contributed by atoms with Gasteiger partial charge in [0, 0.05) is 25.2 Å². The largest absolute Gasteiger partial charge is 0.481 e. The van der Waals surface area contributed by atoms with Gasteiger partial charge in [-0.05, 0) is 98.4 Å². The number of alkyl halides is 9. The summed E-state index contributed by atoms with van der Waals surface area (Å²) < 4.78 is 128. The molecule has 2 aliphatic rings. The number of carboxylic acids is 1. The molecule has 1 saturated carbocycles. The van der Waals surface area contributed by atoms with E-state index in [9.17, 15) is 49.1 Å². The zero-order chi connectivity index (χ0) is 34.9. The number of aliphatic carboxylic acids is 1. The van der Waals surface area contributed by atoms with Crippen molar-refractivity contribution in [3.8, 4) is 0 Å². The Balaban J connectivity index is 1.65. The molecule has 1 saturated heterocycles. The van der Waals surface area contributed by atoms with Gasteiger partial charge in [-0.25, -0.2) is 4.79 Å². The Morgan fingerprint density at radius 3 is 1.94 bits per heavy atom. The number of carbonyl (C=O) groups is 2. The van der Waals surface area contributed by atoms with Crippen LogP contribution in [0.1, 0.15) is 86.3 Å². The van der Waals surface area contributed by atoms with Crippen molar-refractivity contribution < 1.29 is 58.9 Å². The lowest BCUT2D eigenvalue weighted by molar-refractivity contribution is -0.143. The summed E-state index contributed by atoms with van der Waals surface area (Å²) in [4.78, 5) is 27.1. The Bertz CT molecular complexity index is 1400. The van der Waals surface area contributed by atoms with Gasteiger partial charge in [-0.1, -0.05) is 6.92 Å². The third-order valence-electron chi connectivity index (χ3n) is 8.82. The first-order valence-corrected chi connectivity index (χ1v) is 15.2. The molecule has 6 nitrogen and oxygen atoms in total. The van der Waals surface area contributed by atoms with Gasteiger partial charge in [-0.15, -0.1) is 0 Å². The number of halogens is 9. The summed E-state index contributed by atoms with van der Waals surface area (Å²) in [5.41, 5.74) is -4.24. The minimum atomic E-state index is -5.13. The molecule has 1 aliphatic heterocycles. The standard InChI is InChI=1S/C32H35F9N2O4/c1-3-10-42(16-20-6-4-19(5-7-20)11-27(44)45)26-9-8-23(30(33,34)35)14-22(26)17-43-18(2)28(47-29(43)46)21-12-24(31(36,37)38)15-25(13-21)32(39,40)41/h8-9,12-15,18-20,28H,3-7,10-11,16-17H2,1-2H3,(H,44,45)/t18-,19?,20?,28-/m0/s1. The fraction of sp³-hybridized carbons (Fsp3) is 0.562. The van der Waals surface area contributed by atoms with Crippen LogP contribution in [0.5, 0.6) is 0 Å². The molecule has 0 aromatic heterocycles. The van der Waals surface area contributed by atoms with E-state index in [0.717, 1.165) is 29.9 Å². The summed E-state index contributed by atoms with van der Waals surface area (Å²) >= 11 is 0. The maximum absolute atomic E-state index is 13.8. The van der Waals surface area contributed by atoms with Gasteiger partial charge in [0.05, 0.1) is 29.3 Å². The average Bonchev–Trinajstić information content (AvgIpc) is 3.24. The summed E-state index contributed by atoms with van der Waals surface area (Å²) in [5.74, 6) is -0.698. The van der Waals surface area contributed by atoms with E-state index in [0.29, 0.717) is 50.2 Å². The molecule has 2 aromatic carbocycles. The van der Waals surface area contributed by atoms with Crippen molar-refractivity contribution in [1.82, 2.24) is 4.90 Å². The van der Waals surface area contributed by atoms with E-state index in [2.05, 4.69) is 0 Å². The molecule has 0 radical (unpaired) electrons. The molecule has 1 amide bonds. The van der Waals surface area contributed by atoms with E-state index < -0.39 is 71.5 Å². The number of rotatable bonds is 10. The van der Waals surface area contributed by atoms with Crippen molar-refractivity contribution in [2.24, 2.45) is 11.8 Å². The zero-order valence-electron chi connectivity index (χ0n) is 25.6. The predicted octanol–water partition coefficient (Wildman–Crippen LogP) is 9.32. The highest BCUT2D eigenvalue weighted by molar-refractivity contribution is 5.72. The summed E-state index contributed by atoms with van der Waals surface area (Å²) in [5, 5.41) is 9.11. The Kier molecular flexibility index (Phi) is 10.7. The maximum Gasteiger partial charge on any atom is 0.416 e. The van der Waals surface area contributed by atoms with Crippen LogP contribution < -0.4 is 4.90 Å². The highest BCUT2D eigenvalue weighted by Gasteiger charge is 2.44. The van der Waals surface area contributed by atoms with Crippen molar-refractivity contribution in [2.75, 3.05) is 18.0 Å². The molecular formula is C32H35F9N2O4. The van der Waals surface area contributed by atoms with Gasteiger partial charge in [0.1, 0.15) is 6.10 Å². The second-order valence-electron chi connectivity index (χ2n) is 12.3. The molecule has 15 heteroatoms. The number of anilines is 1. The van der Waals surface area contributed by atoms with Crippen LogP contribution in [0.3, 0.4) is 0 Å². The van der Waals surface area contributed by atoms with Crippen molar-refractivity contribution in [3.05, 3.63) is 64.2 Å². The number of ether oxygens (including phenoxy) is 1. The highest BCUT2D eigenvalue weighted by atomic mass is 19.4. The number of benzene rings is 2. The van der Waals surface area contributed by atoms with Gasteiger partial charge in [0.2, 0.25) is 0 Å². The monoisotopic (exact) mass is 682 g/mol. The van der Waals surface area contributed by atoms with Crippen molar-refractivity contribution in [1.29, 1.82) is 0 Å². The Labute approximate surface area is 265 Å². The minimum Gasteiger partial charge on any atom is -0.481 e. The molecule has 2 atom stereocenters. The van der Waals surface area contributed by atoms with Gasteiger partial charge in [0.15, 0.2) is 0 Å². The first kappa shape index (κ1) is 36.2. The first-order chi connectivity index (χ1) is 21.8. The molecule has 1 N–H and O–H groups in total. The minimum absolute atomic E-state index is 0.0431. The summed E-state index contributed by atoms with van der Waals surface area (Å²) in [7, 11) is 0. The van der Waals surface area contributed by atoms with Gasteiger partial charge >= 0.3 is 30.6 Å². The molecule has 1 heterocycles. The van der Waals surface area contributed by atoms with Crippen molar-refractivity contribution in [2.45, 2.75) is 89.6 Å². The van der Waals surface area contributed by atoms with Crippen LogP contribution in [-0.4, -0.2) is 41.2 Å². The average molecular weight is 683 g/mol. The van der Waals surface area contributed by atoms with Gasteiger partial charge in [-0.3, -0.25) is 9.69 Å². The summed E-state index contributed by atoms with van der Waals surface area (Å²) in [6.07, 6.45) is -14.1. The third kappa shape index (κ3) is 8.83. The molecule has 0 unspecified atom stereocenters. The van der Waals surface area contributed by atoms with Crippen LogP contribution in [0, 0.1) is 11.8 Å². The second-order valence-corrected chi connectivity index (χ2v) is 12.3. The number of carboxylic acid groups (broad SMARTS) is 1. The number of hydrogen-bond acceptors (Lipinski definition) is 4. The number of carbonyl (C=O) groups excluding carboxylic acids is 1.